The second-order valence-corrected chi connectivity index (χ2v) is 7.03. The van der Waals surface area contributed by atoms with Gasteiger partial charge in [0.15, 0.2) is 0 Å². The number of hydrogen-bond acceptors (Lipinski definition) is 4. The average Bonchev–Trinajstić information content (AvgIpc) is 3.16. The van der Waals surface area contributed by atoms with E-state index in [4.69, 9.17) is 33.7 Å². The van der Waals surface area contributed by atoms with Crippen molar-refractivity contribution in [1.82, 2.24) is 15.2 Å². The number of nitrogen functional groups attached to an aromatic ring is 1. The number of hydrogen-bond donors (Lipinski definition) is 3. The summed E-state index contributed by atoms with van der Waals surface area (Å²) in [5.74, 6) is 0.382. The standard InChI is InChI=1S/C19H15Cl2FN4O2/c20-12-3-2-9(11-8-24-26-18(11)12)16-10-6-15(28-5-1-4-22)13(21)7-14(10)25-19(27)17(16)23/h2-3,6-8H,1,4-5,23H2,(H,24,26)(H,25,27). The van der Waals surface area contributed by atoms with Crippen molar-refractivity contribution >= 4 is 50.7 Å². The Labute approximate surface area is 168 Å². The van der Waals surface area contributed by atoms with Crippen molar-refractivity contribution in [3.8, 4) is 16.9 Å². The summed E-state index contributed by atoms with van der Waals surface area (Å²) in [5.41, 5.74) is 8.13. The zero-order valence-corrected chi connectivity index (χ0v) is 16.0. The minimum absolute atomic E-state index is 0.0503. The van der Waals surface area contributed by atoms with Gasteiger partial charge in [-0.05, 0) is 23.8 Å². The van der Waals surface area contributed by atoms with Crippen molar-refractivity contribution in [2.45, 2.75) is 6.42 Å². The van der Waals surface area contributed by atoms with E-state index in [9.17, 15) is 9.18 Å². The minimum atomic E-state index is -0.486. The molecule has 4 rings (SSSR count). The van der Waals surface area contributed by atoms with Crippen LogP contribution in [-0.2, 0) is 0 Å². The van der Waals surface area contributed by atoms with Gasteiger partial charge in [-0.2, -0.15) is 5.10 Å². The molecule has 6 nitrogen and oxygen atoms in total. The molecule has 4 aromatic rings. The molecule has 2 heterocycles. The highest BCUT2D eigenvalue weighted by Gasteiger charge is 2.18. The van der Waals surface area contributed by atoms with Crippen LogP contribution in [0, 0.1) is 0 Å². The second-order valence-electron chi connectivity index (χ2n) is 6.22. The average molecular weight is 421 g/mol. The second kappa shape index (κ2) is 7.33. The molecule has 0 aliphatic carbocycles. The Kier molecular flexibility index (Phi) is 4.87. The third-order valence-electron chi connectivity index (χ3n) is 4.47. The summed E-state index contributed by atoms with van der Waals surface area (Å²) in [7, 11) is 0. The van der Waals surface area contributed by atoms with Crippen LogP contribution in [0.2, 0.25) is 10.0 Å². The van der Waals surface area contributed by atoms with Crippen molar-refractivity contribution in [2.75, 3.05) is 19.0 Å². The predicted octanol–water partition coefficient (Wildman–Crippen LogP) is 4.70. The van der Waals surface area contributed by atoms with Crippen LogP contribution in [0.3, 0.4) is 0 Å². The molecule has 2 aromatic carbocycles. The van der Waals surface area contributed by atoms with Gasteiger partial charge in [0, 0.05) is 22.8 Å². The monoisotopic (exact) mass is 420 g/mol. The van der Waals surface area contributed by atoms with E-state index in [0.717, 1.165) is 5.39 Å². The maximum atomic E-state index is 12.4. The van der Waals surface area contributed by atoms with Crippen LogP contribution in [0.4, 0.5) is 10.1 Å². The third-order valence-corrected chi connectivity index (χ3v) is 5.08. The molecule has 0 spiro atoms. The van der Waals surface area contributed by atoms with E-state index >= 15 is 0 Å². The van der Waals surface area contributed by atoms with Crippen LogP contribution in [0.1, 0.15) is 6.42 Å². The quantitative estimate of drug-likeness (QED) is 0.407. The van der Waals surface area contributed by atoms with Crippen LogP contribution in [0.25, 0.3) is 32.9 Å². The summed E-state index contributed by atoms with van der Waals surface area (Å²) in [6.07, 6.45) is 1.87. The number of H-pyrrole nitrogens is 2. The molecular formula is C19H15Cl2FN4O2. The van der Waals surface area contributed by atoms with E-state index in [1.165, 1.54) is 0 Å². The molecule has 4 N–H and O–H groups in total. The van der Waals surface area contributed by atoms with E-state index < -0.39 is 12.2 Å². The SMILES string of the molecule is Nc1c(-c2ccc(Cl)c3[nH]ncc23)c2cc(OCCCF)c(Cl)cc2[nH]c1=O. The number of nitrogens with zero attached hydrogens (tertiary/aromatic N) is 1. The predicted molar refractivity (Wildman–Crippen MR) is 110 cm³/mol. The number of anilines is 1. The van der Waals surface area contributed by atoms with E-state index in [1.807, 2.05) is 0 Å². The molecule has 0 bridgehead atoms. The summed E-state index contributed by atoms with van der Waals surface area (Å²) >= 11 is 12.5. The Hall–Kier alpha value is -2.77. The zero-order valence-electron chi connectivity index (χ0n) is 14.5. The summed E-state index contributed by atoms with van der Waals surface area (Å²) < 4.78 is 18.0. The van der Waals surface area contributed by atoms with Crippen molar-refractivity contribution < 1.29 is 9.13 Å². The molecule has 0 aliphatic heterocycles. The number of benzene rings is 2. The van der Waals surface area contributed by atoms with Gasteiger partial charge in [-0.25, -0.2) is 0 Å². The number of pyridine rings is 1. The van der Waals surface area contributed by atoms with Crippen LogP contribution >= 0.6 is 23.2 Å². The Morgan fingerprint density at radius 1 is 1.18 bits per heavy atom. The Morgan fingerprint density at radius 2 is 2.00 bits per heavy atom. The summed E-state index contributed by atoms with van der Waals surface area (Å²) in [6.45, 7) is -0.303. The lowest BCUT2D eigenvalue weighted by atomic mass is 9.96. The van der Waals surface area contributed by atoms with Crippen molar-refractivity contribution in [1.29, 1.82) is 0 Å². The Balaban J connectivity index is 2.02. The number of aromatic amines is 2. The van der Waals surface area contributed by atoms with Gasteiger partial charge >= 0.3 is 0 Å². The topological polar surface area (TPSA) is 96.8 Å². The van der Waals surface area contributed by atoms with Gasteiger partial charge in [0.05, 0.1) is 40.6 Å². The third kappa shape index (κ3) is 3.06. The van der Waals surface area contributed by atoms with Gasteiger partial charge in [0.1, 0.15) is 11.4 Å². The lowest BCUT2D eigenvalue weighted by molar-refractivity contribution is 0.290. The number of fused-ring (bicyclic) bond motifs is 2. The molecule has 2 aromatic heterocycles. The van der Waals surface area contributed by atoms with Gasteiger partial charge in [-0.1, -0.05) is 29.3 Å². The maximum Gasteiger partial charge on any atom is 0.272 e. The molecule has 9 heteroatoms. The lowest BCUT2D eigenvalue weighted by Crippen LogP contribution is -2.13. The number of ether oxygens (including phenoxy) is 1. The number of nitrogens with one attached hydrogen (secondary N) is 2. The molecule has 0 saturated heterocycles. The maximum absolute atomic E-state index is 12.4. The zero-order chi connectivity index (χ0) is 19.8. The van der Waals surface area contributed by atoms with Gasteiger partial charge in [0.25, 0.3) is 5.56 Å². The van der Waals surface area contributed by atoms with Crippen LogP contribution in [0.15, 0.2) is 35.3 Å². The minimum Gasteiger partial charge on any atom is -0.492 e. The van der Waals surface area contributed by atoms with E-state index in [1.54, 1.807) is 30.5 Å². The molecule has 144 valence electrons. The van der Waals surface area contributed by atoms with Crippen molar-refractivity contribution in [2.24, 2.45) is 0 Å². The Morgan fingerprint density at radius 3 is 2.79 bits per heavy atom. The van der Waals surface area contributed by atoms with E-state index in [-0.39, 0.29) is 18.7 Å². The highest BCUT2D eigenvalue weighted by molar-refractivity contribution is 6.36. The van der Waals surface area contributed by atoms with Gasteiger partial charge < -0.3 is 15.5 Å². The van der Waals surface area contributed by atoms with Crippen LogP contribution < -0.4 is 16.0 Å². The number of alkyl halides is 1. The lowest BCUT2D eigenvalue weighted by Gasteiger charge is -2.14. The largest absolute Gasteiger partial charge is 0.492 e. The molecule has 28 heavy (non-hydrogen) atoms. The highest BCUT2D eigenvalue weighted by atomic mass is 35.5. The number of nitrogens with two attached hydrogens (primary N) is 1. The summed E-state index contributed by atoms with van der Waals surface area (Å²) in [6, 6.07) is 6.77. The smallest absolute Gasteiger partial charge is 0.272 e. The molecule has 0 radical (unpaired) electrons. The Bertz CT molecular complexity index is 1250. The molecule has 0 unspecified atom stereocenters. The number of halogens is 3. The van der Waals surface area contributed by atoms with Gasteiger partial charge in [0.2, 0.25) is 0 Å². The van der Waals surface area contributed by atoms with E-state index in [2.05, 4.69) is 15.2 Å². The first kappa shape index (κ1) is 18.6. The van der Waals surface area contributed by atoms with Crippen molar-refractivity contribution in [3.05, 3.63) is 50.9 Å². The first-order valence-corrected chi connectivity index (χ1v) is 9.22. The van der Waals surface area contributed by atoms with Crippen LogP contribution in [-0.4, -0.2) is 28.5 Å². The normalized spacial score (nSPS) is 11.4. The first-order chi connectivity index (χ1) is 13.5. The van der Waals surface area contributed by atoms with E-state index in [0.29, 0.717) is 43.3 Å². The molecular weight excluding hydrogens is 406 g/mol. The number of rotatable bonds is 5. The van der Waals surface area contributed by atoms with Gasteiger partial charge in [-0.3, -0.25) is 14.3 Å². The molecule has 0 saturated carbocycles. The highest BCUT2D eigenvalue weighted by Crippen LogP contribution is 2.40. The molecule has 0 atom stereocenters. The fraction of sp³-hybridized carbons (Fsp3) is 0.158. The summed E-state index contributed by atoms with van der Waals surface area (Å²) in [5, 5.41) is 9.06. The first-order valence-electron chi connectivity index (χ1n) is 8.47. The molecule has 0 amide bonds. The fourth-order valence-electron chi connectivity index (χ4n) is 3.17. The van der Waals surface area contributed by atoms with Crippen LogP contribution in [0.5, 0.6) is 5.75 Å². The van der Waals surface area contributed by atoms with Gasteiger partial charge in [-0.15, -0.1) is 0 Å². The molecule has 0 aliphatic rings. The molecule has 0 fully saturated rings. The van der Waals surface area contributed by atoms with Crippen molar-refractivity contribution in [3.63, 3.8) is 0 Å². The number of aromatic nitrogens is 3. The fourth-order valence-corrected chi connectivity index (χ4v) is 3.59. The summed E-state index contributed by atoms with van der Waals surface area (Å²) in [4.78, 5) is 15.2.